The van der Waals surface area contributed by atoms with Gasteiger partial charge in [-0.25, -0.2) is 4.79 Å². The quantitative estimate of drug-likeness (QED) is 0.622. The molecule has 16 heavy (non-hydrogen) atoms. The highest BCUT2D eigenvalue weighted by Gasteiger charge is 2.15. The van der Waals surface area contributed by atoms with Gasteiger partial charge in [0.1, 0.15) is 6.10 Å². The molecule has 86 valence electrons. The van der Waals surface area contributed by atoms with Crippen molar-refractivity contribution < 1.29 is 14.3 Å². The highest BCUT2D eigenvalue weighted by atomic mass is 79.9. The van der Waals surface area contributed by atoms with Crippen molar-refractivity contribution in [2.45, 2.75) is 12.5 Å². The lowest BCUT2D eigenvalue weighted by molar-refractivity contribution is 0.0374. The summed E-state index contributed by atoms with van der Waals surface area (Å²) >= 11 is 3.35. The number of halogens is 1. The lowest BCUT2D eigenvalue weighted by atomic mass is 10.1. The molecule has 1 aromatic rings. The summed E-state index contributed by atoms with van der Waals surface area (Å²) in [6.45, 7) is 3.64. The first kappa shape index (κ1) is 12.8. The number of hydrogen-bond acceptors (Lipinski definition) is 3. The molecule has 0 aliphatic carbocycles. The Morgan fingerprint density at radius 1 is 1.50 bits per heavy atom. The van der Waals surface area contributed by atoms with Crippen LogP contribution >= 0.6 is 15.9 Å². The van der Waals surface area contributed by atoms with E-state index >= 15 is 0 Å². The van der Waals surface area contributed by atoms with Crippen LogP contribution < -0.4 is 0 Å². The van der Waals surface area contributed by atoms with Crippen LogP contribution in [-0.4, -0.2) is 13.3 Å². The third-order valence-corrected chi connectivity index (χ3v) is 2.56. The van der Waals surface area contributed by atoms with E-state index in [0.717, 1.165) is 10.0 Å². The lowest BCUT2D eigenvalue weighted by Crippen LogP contribution is -2.10. The Kier molecular flexibility index (Phi) is 5.05. The van der Waals surface area contributed by atoms with Crippen molar-refractivity contribution in [2.24, 2.45) is 0 Å². The molecule has 0 saturated carbocycles. The fraction of sp³-hybridized carbons (Fsp3) is 0.250. The molecule has 0 radical (unpaired) electrons. The van der Waals surface area contributed by atoms with Crippen LogP contribution in [-0.2, 0) is 9.47 Å². The molecule has 0 fully saturated rings. The molecule has 1 rings (SSSR count). The highest BCUT2D eigenvalue weighted by molar-refractivity contribution is 9.10. The zero-order valence-corrected chi connectivity index (χ0v) is 10.6. The van der Waals surface area contributed by atoms with E-state index < -0.39 is 6.16 Å². The average Bonchev–Trinajstić information content (AvgIpc) is 2.29. The molecule has 1 unspecified atom stereocenters. The Hall–Kier alpha value is -1.29. The predicted molar refractivity (Wildman–Crippen MR) is 65.2 cm³/mol. The molecule has 0 spiro atoms. The zero-order chi connectivity index (χ0) is 12.0. The monoisotopic (exact) mass is 284 g/mol. The zero-order valence-electron chi connectivity index (χ0n) is 8.98. The molecule has 3 nitrogen and oxygen atoms in total. The first-order chi connectivity index (χ1) is 7.67. The van der Waals surface area contributed by atoms with Gasteiger partial charge in [-0.3, -0.25) is 0 Å². The molecule has 1 atom stereocenters. The summed E-state index contributed by atoms with van der Waals surface area (Å²) in [5.74, 6) is 0. The van der Waals surface area contributed by atoms with Crippen molar-refractivity contribution in [1.29, 1.82) is 0 Å². The van der Waals surface area contributed by atoms with E-state index in [4.69, 9.17) is 4.74 Å². The van der Waals surface area contributed by atoms with Gasteiger partial charge in [0.25, 0.3) is 0 Å². The van der Waals surface area contributed by atoms with Crippen LogP contribution in [0.25, 0.3) is 0 Å². The van der Waals surface area contributed by atoms with Crippen molar-refractivity contribution in [3.05, 3.63) is 47.0 Å². The Bertz CT molecular complexity index is 359. The number of rotatable bonds is 4. The van der Waals surface area contributed by atoms with Gasteiger partial charge in [-0.2, -0.15) is 0 Å². The molecule has 0 aromatic heterocycles. The van der Waals surface area contributed by atoms with E-state index in [9.17, 15) is 4.79 Å². The third kappa shape index (κ3) is 3.70. The van der Waals surface area contributed by atoms with Crippen molar-refractivity contribution in [1.82, 2.24) is 0 Å². The van der Waals surface area contributed by atoms with Gasteiger partial charge in [0.15, 0.2) is 0 Å². The molecule has 0 heterocycles. The standard InChI is InChI=1S/C12H13BrO3/c1-3-4-11(16-12(14)15-2)9-5-7-10(13)8-6-9/h3,5-8,11H,1,4H2,2H3. The van der Waals surface area contributed by atoms with Gasteiger partial charge in [-0.1, -0.05) is 34.1 Å². The van der Waals surface area contributed by atoms with Gasteiger partial charge >= 0.3 is 6.16 Å². The number of carbonyl (C=O) groups is 1. The van der Waals surface area contributed by atoms with Gasteiger partial charge in [-0.05, 0) is 17.7 Å². The van der Waals surface area contributed by atoms with E-state index in [-0.39, 0.29) is 6.10 Å². The van der Waals surface area contributed by atoms with Crippen molar-refractivity contribution in [2.75, 3.05) is 7.11 Å². The van der Waals surface area contributed by atoms with Crippen LogP contribution in [0.2, 0.25) is 0 Å². The number of hydrogen-bond donors (Lipinski definition) is 0. The van der Waals surface area contributed by atoms with Gasteiger partial charge in [-0.15, -0.1) is 6.58 Å². The average molecular weight is 285 g/mol. The maximum Gasteiger partial charge on any atom is 0.508 e. The van der Waals surface area contributed by atoms with Crippen molar-refractivity contribution in [3.63, 3.8) is 0 Å². The second kappa shape index (κ2) is 6.33. The SMILES string of the molecule is C=CCC(OC(=O)OC)c1ccc(Br)cc1. The minimum Gasteiger partial charge on any atom is -0.438 e. The number of ether oxygens (including phenoxy) is 2. The Balaban J connectivity index is 2.80. The van der Waals surface area contributed by atoms with Gasteiger partial charge in [0.2, 0.25) is 0 Å². The molecule has 0 saturated heterocycles. The second-order valence-corrected chi connectivity index (χ2v) is 4.05. The van der Waals surface area contributed by atoms with E-state index in [1.54, 1.807) is 6.08 Å². The van der Waals surface area contributed by atoms with Gasteiger partial charge in [0, 0.05) is 10.9 Å². The number of benzene rings is 1. The molecular weight excluding hydrogens is 272 g/mol. The largest absolute Gasteiger partial charge is 0.508 e. The van der Waals surface area contributed by atoms with Crippen LogP contribution in [0.3, 0.4) is 0 Å². The summed E-state index contributed by atoms with van der Waals surface area (Å²) in [5.41, 5.74) is 0.911. The van der Waals surface area contributed by atoms with Crippen LogP contribution in [0.4, 0.5) is 4.79 Å². The van der Waals surface area contributed by atoms with Crippen molar-refractivity contribution >= 4 is 22.1 Å². The molecule has 0 aliphatic heterocycles. The molecular formula is C12H13BrO3. The summed E-state index contributed by atoms with van der Waals surface area (Å²) in [5, 5.41) is 0. The third-order valence-electron chi connectivity index (χ3n) is 2.03. The summed E-state index contributed by atoms with van der Waals surface area (Å²) in [6.07, 6.45) is 1.22. The van der Waals surface area contributed by atoms with Gasteiger partial charge < -0.3 is 9.47 Å². The van der Waals surface area contributed by atoms with Crippen LogP contribution in [0.5, 0.6) is 0 Å². The summed E-state index contributed by atoms with van der Waals surface area (Å²) in [4.78, 5) is 11.0. The Morgan fingerprint density at radius 3 is 2.62 bits per heavy atom. The minimum atomic E-state index is -0.685. The van der Waals surface area contributed by atoms with Crippen molar-refractivity contribution in [3.8, 4) is 0 Å². The molecule has 0 N–H and O–H groups in total. The molecule has 0 aliphatic rings. The topological polar surface area (TPSA) is 35.5 Å². The van der Waals surface area contributed by atoms with E-state index in [2.05, 4.69) is 27.2 Å². The molecule has 0 bridgehead atoms. The smallest absolute Gasteiger partial charge is 0.438 e. The number of methoxy groups -OCH3 is 1. The first-order valence-corrected chi connectivity index (χ1v) is 5.57. The minimum absolute atomic E-state index is 0.349. The lowest BCUT2D eigenvalue weighted by Gasteiger charge is -2.15. The number of carbonyl (C=O) groups excluding carboxylic acids is 1. The van der Waals surface area contributed by atoms with Gasteiger partial charge in [0.05, 0.1) is 7.11 Å². The molecule has 4 heteroatoms. The van der Waals surface area contributed by atoms with E-state index in [1.165, 1.54) is 7.11 Å². The second-order valence-electron chi connectivity index (χ2n) is 3.14. The normalized spacial score (nSPS) is 11.6. The van der Waals surface area contributed by atoms with E-state index in [1.807, 2.05) is 24.3 Å². The van der Waals surface area contributed by atoms with Crippen LogP contribution in [0.15, 0.2) is 41.4 Å². The highest BCUT2D eigenvalue weighted by Crippen LogP contribution is 2.23. The summed E-state index contributed by atoms with van der Waals surface area (Å²) in [6, 6.07) is 7.57. The fourth-order valence-corrected chi connectivity index (χ4v) is 1.51. The first-order valence-electron chi connectivity index (χ1n) is 4.78. The Morgan fingerprint density at radius 2 is 2.12 bits per heavy atom. The summed E-state index contributed by atoms with van der Waals surface area (Å²) in [7, 11) is 1.29. The summed E-state index contributed by atoms with van der Waals surface area (Å²) < 4.78 is 10.6. The van der Waals surface area contributed by atoms with Crippen LogP contribution in [0, 0.1) is 0 Å². The Labute approximate surface area is 103 Å². The molecule has 0 amide bonds. The fourth-order valence-electron chi connectivity index (χ4n) is 1.25. The van der Waals surface area contributed by atoms with Crippen LogP contribution in [0.1, 0.15) is 18.1 Å². The van der Waals surface area contributed by atoms with E-state index in [0.29, 0.717) is 6.42 Å². The maximum atomic E-state index is 11.0. The molecule has 1 aromatic carbocycles. The predicted octanol–water partition coefficient (Wildman–Crippen LogP) is 3.85. The maximum absolute atomic E-state index is 11.0.